The topological polar surface area (TPSA) is 15.3 Å². The maximum atomic E-state index is 3.70. The van der Waals surface area contributed by atoms with Gasteiger partial charge in [-0.15, -0.1) is 0 Å². The van der Waals surface area contributed by atoms with Crippen molar-refractivity contribution in [2.75, 3.05) is 26.7 Å². The van der Waals surface area contributed by atoms with Crippen molar-refractivity contribution in [3.05, 3.63) is 0 Å². The predicted octanol–water partition coefficient (Wildman–Crippen LogP) is 2.11. The Morgan fingerprint density at radius 3 is 2.57 bits per heavy atom. The van der Waals surface area contributed by atoms with Gasteiger partial charge in [0, 0.05) is 6.04 Å². The van der Waals surface area contributed by atoms with Gasteiger partial charge in [0.2, 0.25) is 0 Å². The second-order valence-electron chi connectivity index (χ2n) is 4.88. The van der Waals surface area contributed by atoms with E-state index in [1.807, 2.05) is 0 Å². The van der Waals surface area contributed by atoms with E-state index >= 15 is 0 Å². The normalized spacial score (nSPS) is 22.5. The van der Waals surface area contributed by atoms with Crippen LogP contribution in [-0.2, 0) is 0 Å². The van der Waals surface area contributed by atoms with E-state index < -0.39 is 0 Å². The predicted molar refractivity (Wildman–Crippen MR) is 62.6 cm³/mol. The largest absolute Gasteiger partial charge is 0.314 e. The molecule has 1 saturated heterocycles. The lowest BCUT2D eigenvalue weighted by Crippen LogP contribution is -2.42. The molecule has 0 aromatic rings. The van der Waals surface area contributed by atoms with E-state index in [1.54, 1.807) is 0 Å². The Morgan fingerprint density at radius 1 is 1.36 bits per heavy atom. The van der Waals surface area contributed by atoms with E-state index in [1.165, 1.54) is 45.3 Å². The maximum absolute atomic E-state index is 3.70. The molecule has 2 heteroatoms. The monoisotopic (exact) mass is 198 g/mol. The lowest BCUT2D eigenvalue weighted by molar-refractivity contribution is 0.230. The van der Waals surface area contributed by atoms with Crippen molar-refractivity contribution in [3.8, 4) is 0 Å². The van der Waals surface area contributed by atoms with E-state index in [0.29, 0.717) is 0 Å². The summed E-state index contributed by atoms with van der Waals surface area (Å²) in [4.78, 5) is 2.42. The molecule has 0 radical (unpaired) electrons. The zero-order valence-electron chi connectivity index (χ0n) is 10.1. The van der Waals surface area contributed by atoms with E-state index in [-0.39, 0.29) is 0 Å². The highest BCUT2D eigenvalue weighted by atomic mass is 15.1. The Bertz CT molecular complexity index is 139. The molecule has 0 aromatic heterocycles. The zero-order valence-corrected chi connectivity index (χ0v) is 10.1. The Balaban J connectivity index is 2.06. The summed E-state index contributed by atoms with van der Waals surface area (Å²) in [5, 5.41) is 3.70. The van der Waals surface area contributed by atoms with E-state index in [4.69, 9.17) is 0 Å². The fraction of sp³-hybridized carbons (Fsp3) is 1.00. The average molecular weight is 198 g/mol. The summed E-state index contributed by atoms with van der Waals surface area (Å²) in [5.74, 6) is 0.847. The fourth-order valence-corrected chi connectivity index (χ4v) is 2.18. The number of rotatable bonds is 5. The molecule has 1 N–H and O–H groups in total. The van der Waals surface area contributed by atoms with E-state index in [9.17, 15) is 0 Å². The van der Waals surface area contributed by atoms with Crippen LogP contribution in [0.4, 0.5) is 0 Å². The summed E-state index contributed by atoms with van der Waals surface area (Å²) >= 11 is 0. The second-order valence-corrected chi connectivity index (χ2v) is 4.88. The molecule has 1 atom stereocenters. The summed E-state index contributed by atoms with van der Waals surface area (Å²) in [6, 6.07) is 0.783. The third-order valence-electron chi connectivity index (χ3n) is 3.26. The maximum Gasteiger partial charge on any atom is 0.00915 e. The highest BCUT2D eigenvalue weighted by Gasteiger charge is 2.16. The van der Waals surface area contributed by atoms with Crippen LogP contribution in [0.3, 0.4) is 0 Å². The van der Waals surface area contributed by atoms with E-state index in [2.05, 4.69) is 31.1 Å². The van der Waals surface area contributed by atoms with Gasteiger partial charge in [-0.2, -0.15) is 0 Å². The van der Waals surface area contributed by atoms with Crippen LogP contribution < -0.4 is 5.32 Å². The van der Waals surface area contributed by atoms with Crippen molar-refractivity contribution in [1.82, 2.24) is 10.2 Å². The number of hydrogen-bond acceptors (Lipinski definition) is 2. The van der Waals surface area contributed by atoms with Gasteiger partial charge in [0.05, 0.1) is 0 Å². The third kappa shape index (κ3) is 4.43. The van der Waals surface area contributed by atoms with Crippen LogP contribution in [0.15, 0.2) is 0 Å². The minimum absolute atomic E-state index is 0.783. The molecular formula is C12H26N2. The Morgan fingerprint density at radius 2 is 2.00 bits per heavy atom. The van der Waals surface area contributed by atoms with Crippen molar-refractivity contribution in [3.63, 3.8) is 0 Å². The van der Waals surface area contributed by atoms with Gasteiger partial charge in [-0.3, -0.25) is 0 Å². The second kappa shape index (κ2) is 6.41. The molecule has 14 heavy (non-hydrogen) atoms. The van der Waals surface area contributed by atoms with Gasteiger partial charge >= 0.3 is 0 Å². The molecule has 1 aliphatic rings. The molecule has 0 amide bonds. The van der Waals surface area contributed by atoms with Crippen molar-refractivity contribution < 1.29 is 0 Å². The third-order valence-corrected chi connectivity index (χ3v) is 3.26. The molecule has 0 saturated carbocycles. The first-order valence-electron chi connectivity index (χ1n) is 6.14. The first-order valence-corrected chi connectivity index (χ1v) is 6.14. The van der Waals surface area contributed by atoms with Gasteiger partial charge < -0.3 is 10.2 Å². The van der Waals surface area contributed by atoms with Crippen molar-refractivity contribution in [2.24, 2.45) is 5.92 Å². The fourth-order valence-electron chi connectivity index (χ4n) is 2.18. The quantitative estimate of drug-likeness (QED) is 0.728. The molecule has 0 bridgehead atoms. The molecule has 1 unspecified atom stereocenters. The number of nitrogens with zero attached hydrogens (tertiary/aromatic N) is 1. The summed E-state index contributed by atoms with van der Waals surface area (Å²) in [6.45, 7) is 8.36. The zero-order chi connectivity index (χ0) is 10.4. The molecule has 0 spiro atoms. The van der Waals surface area contributed by atoms with Gasteiger partial charge in [0.25, 0.3) is 0 Å². The lowest BCUT2D eigenvalue weighted by atomic mass is 10.0. The molecule has 84 valence electrons. The smallest absolute Gasteiger partial charge is 0.00915 e. The molecule has 0 aliphatic carbocycles. The van der Waals surface area contributed by atoms with Gasteiger partial charge in [0.1, 0.15) is 0 Å². The Hall–Kier alpha value is -0.0800. The highest BCUT2D eigenvalue weighted by Crippen LogP contribution is 2.10. The van der Waals surface area contributed by atoms with Crippen LogP contribution in [0.25, 0.3) is 0 Å². The Kier molecular flexibility index (Phi) is 5.49. The first-order chi connectivity index (χ1) is 6.72. The number of likely N-dealkylation sites (tertiary alicyclic amines) is 1. The Labute approximate surface area is 89.1 Å². The number of hydrogen-bond donors (Lipinski definition) is 1. The van der Waals surface area contributed by atoms with Crippen LogP contribution in [-0.4, -0.2) is 37.6 Å². The summed E-state index contributed by atoms with van der Waals surface area (Å²) in [5.41, 5.74) is 0. The molecule has 1 aliphatic heterocycles. The molecule has 1 fully saturated rings. The highest BCUT2D eigenvalue weighted by molar-refractivity contribution is 4.75. The molecule has 0 aromatic carbocycles. The van der Waals surface area contributed by atoms with Gasteiger partial charge in [-0.05, 0) is 51.9 Å². The first kappa shape index (κ1) is 12.0. The molecular weight excluding hydrogens is 172 g/mol. The van der Waals surface area contributed by atoms with Crippen LogP contribution in [0.1, 0.15) is 39.5 Å². The molecule has 1 rings (SSSR count). The van der Waals surface area contributed by atoms with Gasteiger partial charge in [-0.25, -0.2) is 0 Å². The molecule has 2 nitrogen and oxygen atoms in total. The van der Waals surface area contributed by atoms with Crippen LogP contribution in [0.2, 0.25) is 0 Å². The van der Waals surface area contributed by atoms with Crippen molar-refractivity contribution >= 4 is 0 Å². The summed E-state index contributed by atoms with van der Waals surface area (Å²) in [6.07, 6.45) is 5.33. The molecule has 1 heterocycles. The van der Waals surface area contributed by atoms with Gasteiger partial charge in [0.15, 0.2) is 0 Å². The van der Waals surface area contributed by atoms with Crippen LogP contribution in [0, 0.1) is 5.92 Å². The number of piperidine rings is 1. The van der Waals surface area contributed by atoms with Crippen molar-refractivity contribution in [2.45, 2.75) is 45.6 Å². The minimum atomic E-state index is 0.783. The van der Waals surface area contributed by atoms with Crippen LogP contribution in [0.5, 0.6) is 0 Å². The summed E-state index contributed by atoms with van der Waals surface area (Å²) in [7, 11) is 2.22. The average Bonchev–Trinajstić information content (AvgIpc) is 2.17. The lowest BCUT2D eigenvalue weighted by Gasteiger charge is -2.30. The van der Waals surface area contributed by atoms with E-state index in [0.717, 1.165) is 12.0 Å². The SMILES string of the molecule is CCCC(C)CNC1CCN(C)CC1. The standard InChI is InChI=1S/C12H26N2/c1-4-5-11(2)10-13-12-6-8-14(3)9-7-12/h11-13H,4-10H2,1-3H3. The summed E-state index contributed by atoms with van der Waals surface area (Å²) < 4.78 is 0. The minimum Gasteiger partial charge on any atom is -0.314 e. The number of nitrogens with one attached hydrogen (secondary N) is 1. The van der Waals surface area contributed by atoms with Gasteiger partial charge in [-0.1, -0.05) is 20.3 Å². The van der Waals surface area contributed by atoms with Crippen molar-refractivity contribution in [1.29, 1.82) is 0 Å². The van der Waals surface area contributed by atoms with Crippen LogP contribution >= 0.6 is 0 Å².